The normalized spacial score (nSPS) is 9.90. The summed E-state index contributed by atoms with van der Waals surface area (Å²) in [7, 11) is 0. The number of aryl methyl sites for hydroxylation is 1. The third kappa shape index (κ3) is 4.08. The summed E-state index contributed by atoms with van der Waals surface area (Å²) in [5.41, 5.74) is 7.95. The lowest BCUT2D eigenvalue weighted by molar-refractivity contribution is -0.116. The van der Waals surface area contributed by atoms with Gasteiger partial charge in [0.15, 0.2) is 0 Å². The van der Waals surface area contributed by atoms with Gasteiger partial charge in [0.05, 0.1) is 17.1 Å². The predicted octanol–water partition coefficient (Wildman–Crippen LogP) is 2.28. The van der Waals surface area contributed by atoms with E-state index in [1.807, 2.05) is 43.5 Å². The highest BCUT2D eigenvalue weighted by molar-refractivity contribution is 5.92. The lowest BCUT2D eigenvalue weighted by atomic mass is 10.2. The van der Waals surface area contributed by atoms with E-state index in [9.17, 15) is 4.79 Å². The second-order valence-corrected chi connectivity index (χ2v) is 4.36. The third-order valence-corrected chi connectivity index (χ3v) is 2.76. The van der Waals surface area contributed by atoms with Crippen molar-refractivity contribution in [3.63, 3.8) is 0 Å². The van der Waals surface area contributed by atoms with Crippen LogP contribution in [-0.4, -0.2) is 22.2 Å². The lowest BCUT2D eigenvalue weighted by Gasteiger charge is -2.10. The van der Waals surface area contributed by atoms with Gasteiger partial charge in [-0.05, 0) is 38.1 Å². The average Bonchev–Trinajstić information content (AvgIpc) is 2.83. The van der Waals surface area contributed by atoms with Gasteiger partial charge >= 0.3 is 0 Å². The van der Waals surface area contributed by atoms with Crippen molar-refractivity contribution in [2.24, 2.45) is 5.73 Å². The van der Waals surface area contributed by atoms with Crippen LogP contribution in [0.15, 0.2) is 36.5 Å². The van der Waals surface area contributed by atoms with Crippen LogP contribution < -0.4 is 11.1 Å². The molecule has 0 saturated heterocycles. The molecular weight excluding hydrogens is 276 g/mol. The zero-order valence-electron chi connectivity index (χ0n) is 11.4. The molecule has 0 bridgehead atoms. The average molecular weight is 295 g/mol. The monoisotopic (exact) mass is 294 g/mol. The molecule has 2 aromatic rings. The predicted molar refractivity (Wildman–Crippen MR) is 82.5 cm³/mol. The number of aromatic nitrogens is 2. The molecule has 5 nitrogen and oxygen atoms in total. The standard InChI is InChI=1S/C14H18N4O.ClH/c1-11-8-10-18(17-11)13-6-3-2-5-12(13)16-14(19)7-4-9-15;/h2-3,5-6,8,10H,4,7,9,15H2,1H3,(H,16,19);1H. The Kier molecular flexibility index (Phi) is 6.21. The maximum Gasteiger partial charge on any atom is 0.224 e. The van der Waals surface area contributed by atoms with Crippen molar-refractivity contribution in [1.82, 2.24) is 9.78 Å². The molecular formula is C14H19ClN4O. The Morgan fingerprint density at radius 1 is 1.35 bits per heavy atom. The van der Waals surface area contributed by atoms with E-state index in [0.29, 0.717) is 19.4 Å². The Balaban J connectivity index is 0.00000200. The zero-order valence-corrected chi connectivity index (χ0v) is 12.2. The highest BCUT2D eigenvalue weighted by Crippen LogP contribution is 2.19. The number of benzene rings is 1. The number of amides is 1. The number of rotatable bonds is 5. The Labute approximate surface area is 124 Å². The number of hydrogen-bond acceptors (Lipinski definition) is 3. The second-order valence-electron chi connectivity index (χ2n) is 4.36. The summed E-state index contributed by atoms with van der Waals surface area (Å²) in [6.45, 7) is 2.45. The molecule has 0 atom stereocenters. The number of para-hydroxylation sites is 2. The van der Waals surface area contributed by atoms with Gasteiger partial charge in [-0.2, -0.15) is 5.10 Å². The van der Waals surface area contributed by atoms with E-state index in [2.05, 4.69) is 10.4 Å². The third-order valence-electron chi connectivity index (χ3n) is 2.76. The number of halogens is 1. The molecule has 0 unspecified atom stereocenters. The number of nitrogens with one attached hydrogen (secondary N) is 1. The molecule has 1 aromatic heterocycles. The molecule has 0 spiro atoms. The van der Waals surface area contributed by atoms with E-state index in [1.165, 1.54) is 0 Å². The SMILES string of the molecule is Cc1ccn(-c2ccccc2NC(=O)CCCN)n1.Cl. The van der Waals surface area contributed by atoms with Gasteiger partial charge in [0, 0.05) is 12.6 Å². The molecule has 108 valence electrons. The van der Waals surface area contributed by atoms with Gasteiger partial charge < -0.3 is 11.1 Å². The largest absolute Gasteiger partial charge is 0.330 e. The van der Waals surface area contributed by atoms with Crippen LogP contribution in [0.3, 0.4) is 0 Å². The van der Waals surface area contributed by atoms with E-state index in [-0.39, 0.29) is 18.3 Å². The highest BCUT2D eigenvalue weighted by Gasteiger charge is 2.08. The van der Waals surface area contributed by atoms with Gasteiger partial charge in [0.1, 0.15) is 0 Å². The van der Waals surface area contributed by atoms with Gasteiger partial charge in [0.2, 0.25) is 5.91 Å². The van der Waals surface area contributed by atoms with Crippen molar-refractivity contribution >= 4 is 24.0 Å². The zero-order chi connectivity index (χ0) is 13.7. The van der Waals surface area contributed by atoms with Crippen LogP contribution in [-0.2, 0) is 4.79 Å². The van der Waals surface area contributed by atoms with Crippen LogP contribution >= 0.6 is 12.4 Å². The topological polar surface area (TPSA) is 72.9 Å². The number of nitrogens with two attached hydrogens (primary N) is 1. The van der Waals surface area contributed by atoms with Crippen LogP contribution in [0.25, 0.3) is 5.69 Å². The van der Waals surface area contributed by atoms with Gasteiger partial charge in [-0.25, -0.2) is 4.68 Å². The first kappa shape index (κ1) is 16.2. The maximum atomic E-state index is 11.8. The fraction of sp³-hybridized carbons (Fsp3) is 0.286. The molecule has 1 aromatic carbocycles. The van der Waals surface area contributed by atoms with Crippen molar-refractivity contribution in [2.75, 3.05) is 11.9 Å². The molecule has 0 fully saturated rings. The van der Waals surface area contributed by atoms with Crippen LogP contribution in [0.4, 0.5) is 5.69 Å². The molecule has 2 rings (SSSR count). The van der Waals surface area contributed by atoms with E-state index in [0.717, 1.165) is 17.1 Å². The fourth-order valence-electron chi connectivity index (χ4n) is 1.80. The number of anilines is 1. The summed E-state index contributed by atoms with van der Waals surface area (Å²) >= 11 is 0. The van der Waals surface area contributed by atoms with Crippen LogP contribution in [0, 0.1) is 6.92 Å². The number of nitrogens with zero attached hydrogens (tertiary/aromatic N) is 2. The van der Waals surface area contributed by atoms with Crippen LogP contribution in [0.1, 0.15) is 18.5 Å². The second kappa shape index (κ2) is 7.67. The Morgan fingerprint density at radius 3 is 2.75 bits per heavy atom. The summed E-state index contributed by atoms with van der Waals surface area (Å²) in [5, 5.41) is 7.25. The summed E-state index contributed by atoms with van der Waals surface area (Å²) in [6.07, 6.45) is 3.00. The Morgan fingerprint density at radius 2 is 2.10 bits per heavy atom. The fourth-order valence-corrected chi connectivity index (χ4v) is 1.80. The van der Waals surface area contributed by atoms with E-state index in [4.69, 9.17) is 5.73 Å². The molecule has 0 aliphatic rings. The quantitative estimate of drug-likeness (QED) is 0.888. The van der Waals surface area contributed by atoms with Crippen LogP contribution in [0.2, 0.25) is 0 Å². The van der Waals surface area contributed by atoms with Crippen LogP contribution in [0.5, 0.6) is 0 Å². The minimum Gasteiger partial charge on any atom is -0.330 e. The minimum absolute atomic E-state index is 0. The van der Waals surface area contributed by atoms with Crippen molar-refractivity contribution in [2.45, 2.75) is 19.8 Å². The molecule has 0 saturated carbocycles. The molecule has 0 aliphatic heterocycles. The van der Waals surface area contributed by atoms with Gasteiger partial charge in [0.25, 0.3) is 0 Å². The molecule has 1 amide bonds. The van der Waals surface area contributed by atoms with Crippen molar-refractivity contribution < 1.29 is 4.79 Å². The number of carbonyl (C=O) groups is 1. The number of hydrogen-bond donors (Lipinski definition) is 2. The minimum atomic E-state index is -0.0261. The van der Waals surface area contributed by atoms with Gasteiger partial charge in [-0.15, -0.1) is 12.4 Å². The van der Waals surface area contributed by atoms with Gasteiger partial charge in [-0.1, -0.05) is 12.1 Å². The molecule has 0 radical (unpaired) electrons. The van der Waals surface area contributed by atoms with E-state index in [1.54, 1.807) is 4.68 Å². The first-order valence-corrected chi connectivity index (χ1v) is 6.32. The lowest BCUT2D eigenvalue weighted by Crippen LogP contribution is -2.15. The molecule has 0 aliphatic carbocycles. The van der Waals surface area contributed by atoms with Crippen molar-refractivity contribution in [3.8, 4) is 5.69 Å². The number of carbonyl (C=O) groups excluding carboxylic acids is 1. The van der Waals surface area contributed by atoms with Crippen molar-refractivity contribution in [3.05, 3.63) is 42.2 Å². The summed E-state index contributed by atoms with van der Waals surface area (Å²) in [4.78, 5) is 11.8. The van der Waals surface area contributed by atoms with E-state index >= 15 is 0 Å². The first-order valence-electron chi connectivity index (χ1n) is 6.32. The summed E-state index contributed by atoms with van der Waals surface area (Å²) in [6, 6.07) is 9.52. The summed E-state index contributed by atoms with van der Waals surface area (Å²) < 4.78 is 1.76. The Hall–Kier alpha value is -1.85. The van der Waals surface area contributed by atoms with Gasteiger partial charge in [-0.3, -0.25) is 4.79 Å². The molecule has 1 heterocycles. The maximum absolute atomic E-state index is 11.8. The summed E-state index contributed by atoms with van der Waals surface area (Å²) in [5.74, 6) is -0.0261. The molecule has 3 N–H and O–H groups in total. The van der Waals surface area contributed by atoms with E-state index < -0.39 is 0 Å². The first-order chi connectivity index (χ1) is 9.20. The smallest absolute Gasteiger partial charge is 0.224 e. The molecule has 20 heavy (non-hydrogen) atoms. The highest BCUT2D eigenvalue weighted by atomic mass is 35.5. The molecule has 6 heteroatoms. The van der Waals surface area contributed by atoms with Crippen molar-refractivity contribution in [1.29, 1.82) is 0 Å². The Bertz CT molecular complexity index is 568.